The molecule has 5 rings (SSSR count). The third kappa shape index (κ3) is 3.52. The molecule has 3 aliphatic rings. The number of nitrogens with zero attached hydrogens (tertiary/aromatic N) is 2. The van der Waals surface area contributed by atoms with E-state index < -0.39 is 0 Å². The molecule has 0 saturated carbocycles. The number of nitrogens with one attached hydrogen (secondary N) is 1. The van der Waals surface area contributed by atoms with E-state index in [1.807, 2.05) is 0 Å². The molecule has 3 fully saturated rings. The number of fused-ring (bicyclic) bond motifs is 3. The van der Waals surface area contributed by atoms with Gasteiger partial charge in [0.05, 0.1) is 16.1 Å². The minimum Gasteiger partial charge on any atom is -0.445 e. The van der Waals surface area contributed by atoms with E-state index in [4.69, 9.17) is 16.3 Å². The van der Waals surface area contributed by atoms with E-state index in [1.165, 1.54) is 24.2 Å². The third-order valence-electron chi connectivity index (χ3n) is 5.18. The van der Waals surface area contributed by atoms with Crippen molar-refractivity contribution in [2.45, 2.75) is 31.8 Å². The van der Waals surface area contributed by atoms with E-state index >= 15 is 0 Å². The first-order valence-electron chi connectivity index (χ1n) is 8.53. The Balaban J connectivity index is 1.42. The van der Waals surface area contributed by atoms with E-state index in [0.29, 0.717) is 32.7 Å². The molecule has 0 spiro atoms. The number of aromatic nitrogens is 1. The van der Waals surface area contributed by atoms with Gasteiger partial charge in [0.15, 0.2) is 5.06 Å². The lowest BCUT2D eigenvalue weighted by Gasteiger charge is -2.49. The van der Waals surface area contributed by atoms with E-state index in [2.05, 4.69) is 22.1 Å². The van der Waals surface area contributed by atoms with Crippen LogP contribution < -0.4 is 10.1 Å². The van der Waals surface area contributed by atoms with Crippen molar-refractivity contribution in [2.75, 3.05) is 13.1 Å². The quantitative estimate of drug-likeness (QED) is 0.880. The molecule has 0 aliphatic carbocycles. The van der Waals surface area contributed by atoms with Crippen molar-refractivity contribution < 1.29 is 9.53 Å². The molecule has 2 aromatic heterocycles. The Kier molecular flexibility index (Phi) is 4.67. The van der Waals surface area contributed by atoms with Crippen LogP contribution in [0, 0.1) is 5.92 Å². The maximum atomic E-state index is 12.6. The number of hydrogen-bond donors (Lipinski definition) is 1. The van der Waals surface area contributed by atoms with Crippen LogP contribution in [0.3, 0.4) is 0 Å². The van der Waals surface area contributed by atoms with Gasteiger partial charge >= 0.3 is 0 Å². The van der Waals surface area contributed by atoms with Crippen LogP contribution in [0.4, 0.5) is 0 Å². The predicted molar refractivity (Wildman–Crippen MR) is 98.7 cm³/mol. The minimum atomic E-state index is -0.0188. The molecular weight excluding hydrogens is 358 g/mol. The lowest BCUT2D eigenvalue weighted by molar-refractivity contribution is 0.0218. The topological polar surface area (TPSA) is 54.5 Å². The van der Waals surface area contributed by atoms with Gasteiger partial charge < -0.3 is 10.1 Å². The van der Waals surface area contributed by atoms with Crippen LogP contribution in [0.5, 0.6) is 10.8 Å². The normalized spacial score (nSPS) is 27.9. The number of ether oxygens (including phenoxy) is 1. The third-order valence-corrected chi connectivity index (χ3v) is 6.35. The number of hydrogen-bond acceptors (Lipinski definition) is 5. The molecule has 3 aliphatic heterocycles. The van der Waals surface area contributed by atoms with Crippen LogP contribution in [0.1, 0.15) is 29.4 Å². The van der Waals surface area contributed by atoms with E-state index in [1.54, 1.807) is 30.6 Å². The molecule has 1 N–H and O–H groups in total. The van der Waals surface area contributed by atoms with Crippen LogP contribution >= 0.6 is 22.9 Å². The number of carbonyl (C=O) groups excluding carboxylic acids is 1. The summed E-state index contributed by atoms with van der Waals surface area (Å²) in [6.07, 6.45) is 5.50. The molecular formula is C18H20ClN3O2S. The van der Waals surface area contributed by atoms with Crippen LogP contribution in [0.25, 0.3) is 0 Å². The fraction of sp³-hybridized carbons (Fsp3) is 0.444. The summed E-state index contributed by atoms with van der Waals surface area (Å²) < 4.78 is 5.73. The average molecular weight is 378 g/mol. The van der Waals surface area contributed by atoms with E-state index in [0.717, 1.165) is 13.1 Å². The Labute approximate surface area is 156 Å². The maximum Gasteiger partial charge on any atom is 0.261 e. The number of piperidine rings is 3. The van der Waals surface area contributed by atoms with Crippen molar-refractivity contribution in [2.24, 2.45) is 5.92 Å². The molecule has 2 atom stereocenters. The first-order valence-corrected chi connectivity index (χ1v) is 9.73. The molecule has 2 aromatic rings. The largest absolute Gasteiger partial charge is 0.445 e. The van der Waals surface area contributed by atoms with Crippen LogP contribution in [0.15, 0.2) is 30.6 Å². The maximum absolute atomic E-state index is 12.6. The van der Waals surface area contributed by atoms with Crippen molar-refractivity contribution >= 4 is 28.8 Å². The lowest BCUT2D eigenvalue weighted by Crippen LogP contribution is -2.62. The molecule has 3 saturated heterocycles. The Hall–Kier alpha value is -1.63. The number of amides is 1. The first-order chi connectivity index (χ1) is 12.1. The minimum absolute atomic E-state index is 0.0188. The van der Waals surface area contributed by atoms with Gasteiger partial charge in [0.1, 0.15) is 5.75 Å². The SMILES string of the molecule is CC1C(NC(=O)c2ccc(Oc3cncc(Cl)c3)s2)C2CCN1CC2. The number of halogens is 1. The molecule has 5 nitrogen and oxygen atoms in total. The highest BCUT2D eigenvalue weighted by Crippen LogP contribution is 2.33. The molecule has 132 valence electrons. The molecule has 2 unspecified atom stereocenters. The Morgan fingerprint density at radius 2 is 2.16 bits per heavy atom. The van der Waals surface area contributed by atoms with Crippen LogP contribution in [-0.2, 0) is 0 Å². The van der Waals surface area contributed by atoms with Crippen molar-refractivity contribution in [3.05, 3.63) is 40.5 Å². The second kappa shape index (κ2) is 6.94. The second-order valence-corrected chi connectivity index (χ2v) is 8.16. The van der Waals surface area contributed by atoms with Crippen molar-refractivity contribution in [1.29, 1.82) is 0 Å². The molecule has 1 amide bonds. The first kappa shape index (κ1) is 16.8. The van der Waals surface area contributed by atoms with Gasteiger partial charge in [0.25, 0.3) is 5.91 Å². The standard InChI is InChI=1S/C18H20ClN3O2S/c1-11-17(12-4-6-22(11)7-5-12)21-18(23)15-2-3-16(25-15)24-14-8-13(19)9-20-10-14/h2-3,8-12,17H,4-7H2,1H3,(H,21,23). The van der Waals surface area contributed by atoms with Gasteiger partial charge in [0.2, 0.25) is 0 Å². The smallest absolute Gasteiger partial charge is 0.261 e. The van der Waals surface area contributed by atoms with Crippen LogP contribution in [0.2, 0.25) is 5.02 Å². The summed E-state index contributed by atoms with van der Waals surface area (Å²) in [7, 11) is 0. The summed E-state index contributed by atoms with van der Waals surface area (Å²) in [5.41, 5.74) is 0. The molecule has 5 heterocycles. The van der Waals surface area contributed by atoms with Crippen molar-refractivity contribution in [3.8, 4) is 10.8 Å². The van der Waals surface area contributed by atoms with Gasteiger partial charge in [-0.15, -0.1) is 0 Å². The fourth-order valence-electron chi connectivity index (χ4n) is 3.83. The molecule has 2 bridgehead atoms. The number of rotatable bonds is 4. The summed E-state index contributed by atoms with van der Waals surface area (Å²) >= 11 is 7.25. The lowest BCUT2D eigenvalue weighted by atomic mass is 9.79. The monoisotopic (exact) mass is 377 g/mol. The zero-order chi connectivity index (χ0) is 17.4. The summed E-state index contributed by atoms with van der Waals surface area (Å²) in [4.78, 5) is 19.8. The summed E-state index contributed by atoms with van der Waals surface area (Å²) in [5.74, 6) is 1.14. The summed E-state index contributed by atoms with van der Waals surface area (Å²) in [6.45, 7) is 4.52. The zero-order valence-electron chi connectivity index (χ0n) is 13.9. The fourth-order valence-corrected chi connectivity index (χ4v) is 4.77. The summed E-state index contributed by atoms with van der Waals surface area (Å²) in [5, 5.41) is 4.41. The second-order valence-electron chi connectivity index (χ2n) is 6.67. The van der Waals surface area contributed by atoms with Gasteiger partial charge in [-0.25, -0.2) is 0 Å². The number of pyridine rings is 1. The molecule has 25 heavy (non-hydrogen) atoms. The van der Waals surface area contributed by atoms with E-state index in [9.17, 15) is 4.79 Å². The predicted octanol–water partition coefficient (Wildman–Crippen LogP) is 3.80. The average Bonchev–Trinajstić information content (AvgIpc) is 3.07. The Bertz CT molecular complexity index is 771. The highest BCUT2D eigenvalue weighted by Gasteiger charge is 2.40. The Morgan fingerprint density at radius 1 is 1.36 bits per heavy atom. The number of thiophene rings is 1. The molecule has 7 heteroatoms. The highest BCUT2D eigenvalue weighted by molar-refractivity contribution is 7.15. The van der Waals surface area contributed by atoms with Gasteiger partial charge in [-0.3, -0.25) is 14.7 Å². The molecule has 0 aromatic carbocycles. The molecule has 0 radical (unpaired) electrons. The van der Waals surface area contributed by atoms with Gasteiger partial charge in [0, 0.05) is 24.3 Å². The number of carbonyl (C=O) groups is 1. The summed E-state index contributed by atoms with van der Waals surface area (Å²) in [6, 6.07) is 5.95. The van der Waals surface area contributed by atoms with Crippen molar-refractivity contribution in [3.63, 3.8) is 0 Å². The van der Waals surface area contributed by atoms with Gasteiger partial charge in [-0.1, -0.05) is 22.9 Å². The highest BCUT2D eigenvalue weighted by atomic mass is 35.5. The van der Waals surface area contributed by atoms with Crippen molar-refractivity contribution in [1.82, 2.24) is 15.2 Å². The van der Waals surface area contributed by atoms with Crippen LogP contribution in [-0.4, -0.2) is 41.0 Å². The van der Waals surface area contributed by atoms with Gasteiger partial charge in [-0.05, 0) is 50.9 Å². The van der Waals surface area contributed by atoms with E-state index in [-0.39, 0.29) is 11.9 Å². The zero-order valence-corrected chi connectivity index (χ0v) is 15.5. The Morgan fingerprint density at radius 3 is 2.88 bits per heavy atom. The van der Waals surface area contributed by atoms with Gasteiger partial charge in [-0.2, -0.15) is 0 Å².